The molecule has 0 unspecified atom stereocenters. The van der Waals surface area contributed by atoms with Crippen molar-refractivity contribution in [2.45, 2.75) is 76.7 Å². The van der Waals surface area contributed by atoms with Gasteiger partial charge in [-0.2, -0.15) is 0 Å². The van der Waals surface area contributed by atoms with Crippen LogP contribution < -0.4 is 0 Å². The zero-order valence-corrected chi connectivity index (χ0v) is 16.7. The fraction of sp³-hybridized carbons (Fsp3) is 0.632. The van der Waals surface area contributed by atoms with Crippen LogP contribution >= 0.6 is 11.8 Å². The second-order valence-electron chi connectivity index (χ2n) is 7.03. The Hall–Kier alpha value is -1.76. The molecule has 1 aliphatic rings. The third-order valence-corrected chi connectivity index (χ3v) is 5.92. The van der Waals surface area contributed by atoms with Crippen LogP contribution in [0.5, 0.6) is 0 Å². The average molecular weight is 377 g/mol. The van der Waals surface area contributed by atoms with E-state index in [1.54, 1.807) is 6.26 Å². The number of carbonyl (C=O) groups is 1. The summed E-state index contributed by atoms with van der Waals surface area (Å²) in [7, 11) is 0. The first kappa shape index (κ1) is 19.0. The maximum atomic E-state index is 12.8. The highest BCUT2D eigenvalue weighted by Crippen LogP contribution is 2.25. The van der Waals surface area contributed by atoms with Crippen LogP contribution in [0.3, 0.4) is 0 Å². The van der Waals surface area contributed by atoms with Crippen molar-refractivity contribution in [2.24, 2.45) is 0 Å². The molecule has 0 aromatic carbocycles. The van der Waals surface area contributed by atoms with Gasteiger partial charge >= 0.3 is 0 Å². The van der Waals surface area contributed by atoms with Crippen LogP contribution in [0.2, 0.25) is 0 Å². The van der Waals surface area contributed by atoms with Gasteiger partial charge in [-0.3, -0.25) is 9.36 Å². The highest BCUT2D eigenvalue weighted by Gasteiger charge is 2.29. The first-order valence-corrected chi connectivity index (χ1v) is 10.5. The molecule has 3 rings (SSSR count). The van der Waals surface area contributed by atoms with Crippen LogP contribution in [0.1, 0.15) is 58.0 Å². The predicted octanol–water partition coefficient (Wildman–Crippen LogP) is 3.75. The monoisotopic (exact) mass is 376 g/mol. The molecule has 1 fully saturated rings. The molecular formula is C19H28N4O2S. The molecule has 2 aromatic heterocycles. The topological polar surface area (TPSA) is 64.2 Å². The maximum Gasteiger partial charge on any atom is 0.233 e. The fourth-order valence-electron chi connectivity index (χ4n) is 3.67. The van der Waals surface area contributed by atoms with E-state index in [0.717, 1.165) is 42.4 Å². The van der Waals surface area contributed by atoms with Crippen LogP contribution in [0.4, 0.5) is 0 Å². The van der Waals surface area contributed by atoms with Crippen LogP contribution in [0.25, 0.3) is 0 Å². The van der Waals surface area contributed by atoms with E-state index in [-0.39, 0.29) is 5.91 Å². The molecule has 1 saturated heterocycles. The number of likely N-dealkylation sites (tertiary alicyclic amines) is 1. The second-order valence-corrected chi connectivity index (χ2v) is 7.98. The summed E-state index contributed by atoms with van der Waals surface area (Å²) < 4.78 is 7.56. The van der Waals surface area contributed by atoms with Gasteiger partial charge in [0, 0.05) is 18.5 Å². The van der Waals surface area contributed by atoms with Gasteiger partial charge in [0.05, 0.1) is 18.6 Å². The minimum Gasteiger partial charge on any atom is -0.467 e. The Labute approximate surface area is 159 Å². The van der Waals surface area contributed by atoms with E-state index in [9.17, 15) is 4.79 Å². The summed E-state index contributed by atoms with van der Waals surface area (Å²) in [5, 5.41) is 9.45. The molecule has 1 amide bonds. The number of furan rings is 1. The number of aryl methyl sites for hydroxylation is 1. The Morgan fingerprint density at radius 1 is 1.31 bits per heavy atom. The van der Waals surface area contributed by atoms with E-state index in [1.165, 1.54) is 18.2 Å². The van der Waals surface area contributed by atoms with E-state index in [0.29, 0.717) is 24.4 Å². The molecule has 0 bridgehead atoms. The van der Waals surface area contributed by atoms with Crippen LogP contribution in [0.15, 0.2) is 28.0 Å². The smallest absolute Gasteiger partial charge is 0.233 e. The van der Waals surface area contributed by atoms with Gasteiger partial charge in [-0.15, -0.1) is 10.2 Å². The van der Waals surface area contributed by atoms with Crippen molar-refractivity contribution in [3.8, 4) is 0 Å². The quantitative estimate of drug-likeness (QED) is 0.689. The molecular weight excluding hydrogens is 348 g/mol. The summed E-state index contributed by atoms with van der Waals surface area (Å²) in [5.41, 5.74) is 0. The van der Waals surface area contributed by atoms with Gasteiger partial charge in [0.25, 0.3) is 0 Å². The average Bonchev–Trinajstić information content (AvgIpc) is 3.25. The third kappa shape index (κ3) is 4.31. The van der Waals surface area contributed by atoms with Gasteiger partial charge in [0.15, 0.2) is 5.16 Å². The van der Waals surface area contributed by atoms with Gasteiger partial charge in [0.2, 0.25) is 5.91 Å². The van der Waals surface area contributed by atoms with Crippen molar-refractivity contribution in [1.82, 2.24) is 19.7 Å². The Bertz CT molecular complexity index is 703. The van der Waals surface area contributed by atoms with Crippen molar-refractivity contribution in [2.75, 3.05) is 5.75 Å². The molecule has 142 valence electrons. The molecule has 6 nitrogen and oxygen atoms in total. The third-order valence-electron chi connectivity index (χ3n) is 4.97. The molecule has 0 spiro atoms. The van der Waals surface area contributed by atoms with Crippen LogP contribution in [-0.2, 0) is 17.8 Å². The molecule has 0 saturated carbocycles. The molecule has 1 aliphatic heterocycles. The zero-order chi connectivity index (χ0) is 18.5. The predicted molar refractivity (Wildman–Crippen MR) is 102 cm³/mol. The summed E-state index contributed by atoms with van der Waals surface area (Å²) in [4.78, 5) is 14.8. The normalized spacial score (nSPS) is 20.5. The van der Waals surface area contributed by atoms with Crippen LogP contribution in [-0.4, -0.2) is 43.4 Å². The van der Waals surface area contributed by atoms with E-state index in [1.807, 2.05) is 12.1 Å². The number of amides is 1. The molecule has 26 heavy (non-hydrogen) atoms. The SMILES string of the molecule is CCCc1nnc(SCC(=O)N2[C@H](C)CCC[C@H]2C)n1Cc1ccco1. The van der Waals surface area contributed by atoms with Crippen LogP contribution in [0, 0.1) is 0 Å². The van der Waals surface area contributed by atoms with Crippen molar-refractivity contribution >= 4 is 17.7 Å². The lowest BCUT2D eigenvalue weighted by atomic mass is 9.98. The Kier molecular flexibility index (Phi) is 6.40. The summed E-state index contributed by atoms with van der Waals surface area (Å²) in [6, 6.07) is 4.48. The number of rotatable bonds is 7. The van der Waals surface area contributed by atoms with Crippen molar-refractivity contribution in [1.29, 1.82) is 0 Å². The van der Waals surface area contributed by atoms with E-state index in [4.69, 9.17) is 4.42 Å². The minimum atomic E-state index is 0.194. The molecule has 0 aliphatic carbocycles. The Balaban J connectivity index is 1.70. The van der Waals surface area contributed by atoms with Crippen molar-refractivity contribution < 1.29 is 9.21 Å². The highest BCUT2D eigenvalue weighted by atomic mass is 32.2. The number of hydrogen-bond donors (Lipinski definition) is 0. The lowest BCUT2D eigenvalue weighted by molar-refractivity contribution is -0.134. The number of carbonyl (C=O) groups excluding carboxylic acids is 1. The van der Waals surface area contributed by atoms with Gasteiger partial charge in [-0.25, -0.2) is 0 Å². The number of aromatic nitrogens is 3. The standard InChI is InChI=1S/C19H28N4O2S/c1-4-7-17-20-21-19(22(17)12-16-10-6-11-25-16)26-13-18(24)23-14(2)8-5-9-15(23)3/h6,10-11,14-15H,4-5,7-9,12-13H2,1-3H3/t14-,15-/m1/s1. The number of hydrogen-bond acceptors (Lipinski definition) is 5. The Morgan fingerprint density at radius 3 is 2.73 bits per heavy atom. The minimum absolute atomic E-state index is 0.194. The first-order valence-electron chi connectivity index (χ1n) is 9.48. The van der Waals surface area contributed by atoms with Crippen molar-refractivity contribution in [3.05, 3.63) is 30.0 Å². The lowest BCUT2D eigenvalue weighted by Gasteiger charge is -2.39. The summed E-state index contributed by atoms with van der Waals surface area (Å²) >= 11 is 1.48. The first-order chi connectivity index (χ1) is 12.6. The molecule has 3 heterocycles. The van der Waals surface area contributed by atoms with Crippen molar-refractivity contribution in [3.63, 3.8) is 0 Å². The van der Waals surface area contributed by atoms with Gasteiger partial charge < -0.3 is 9.32 Å². The molecule has 0 N–H and O–H groups in total. The molecule has 2 aromatic rings. The fourth-order valence-corrected chi connectivity index (χ4v) is 4.49. The molecule has 0 radical (unpaired) electrons. The van der Waals surface area contributed by atoms with Gasteiger partial charge in [-0.1, -0.05) is 18.7 Å². The van der Waals surface area contributed by atoms with Gasteiger partial charge in [0.1, 0.15) is 11.6 Å². The number of nitrogens with zero attached hydrogens (tertiary/aromatic N) is 4. The summed E-state index contributed by atoms with van der Waals surface area (Å²) in [6.07, 6.45) is 6.93. The highest BCUT2D eigenvalue weighted by molar-refractivity contribution is 7.99. The number of thioether (sulfide) groups is 1. The van der Waals surface area contributed by atoms with Gasteiger partial charge in [-0.05, 0) is 51.7 Å². The zero-order valence-electron chi connectivity index (χ0n) is 15.9. The maximum absolute atomic E-state index is 12.8. The Morgan fingerprint density at radius 2 is 2.08 bits per heavy atom. The largest absolute Gasteiger partial charge is 0.467 e. The lowest BCUT2D eigenvalue weighted by Crippen LogP contribution is -2.48. The molecule has 2 atom stereocenters. The summed E-state index contributed by atoms with van der Waals surface area (Å²) in [6.45, 7) is 7.03. The number of piperidine rings is 1. The van der Waals surface area contributed by atoms with E-state index >= 15 is 0 Å². The second kappa shape index (κ2) is 8.75. The van der Waals surface area contributed by atoms with E-state index in [2.05, 4.69) is 40.4 Å². The molecule has 7 heteroatoms. The summed E-state index contributed by atoms with van der Waals surface area (Å²) in [5.74, 6) is 2.41. The van der Waals surface area contributed by atoms with E-state index < -0.39 is 0 Å².